The van der Waals surface area contributed by atoms with Gasteiger partial charge in [-0.1, -0.05) is 24.3 Å². The summed E-state index contributed by atoms with van der Waals surface area (Å²) in [5.74, 6) is 1.45. The lowest BCUT2D eigenvalue weighted by Crippen LogP contribution is -2.51. The fraction of sp³-hybridized carbons (Fsp3) is 0.423. The predicted octanol–water partition coefficient (Wildman–Crippen LogP) is 3.72. The van der Waals surface area contributed by atoms with Crippen LogP contribution < -0.4 is 14.2 Å². The molecule has 8 heteroatoms. The van der Waals surface area contributed by atoms with Gasteiger partial charge in [0.2, 0.25) is 10.0 Å². The lowest BCUT2D eigenvalue weighted by molar-refractivity contribution is 0.162. The Morgan fingerprint density at radius 2 is 1.85 bits per heavy atom. The molecule has 2 aromatic carbocycles. The van der Waals surface area contributed by atoms with E-state index in [-0.39, 0.29) is 22.4 Å². The highest BCUT2D eigenvalue weighted by atomic mass is 32.2. The van der Waals surface area contributed by atoms with Gasteiger partial charge in [-0.25, -0.2) is 13.1 Å². The Kier molecular flexibility index (Phi) is 6.00. The number of nitrogens with zero attached hydrogens (tertiary/aromatic N) is 2. The van der Waals surface area contributed by atoms with E-state index in [1.807, 2.05) is 24.3 Å². The van der Waals surface area contributed by atoms with Gasteiger partial charge in [-0.15, -0.1) is 0 Å². The molecule has 5 rings (SSSR count). The summed E-state index contributed by atoms with van der Waals surface area (Å²) in [6.07, 6.45) is 5.10. The van der Waals surface area contributed by atoms with E-state index in [9.17, 15) is 8.42 Å². The maximum Gasteiger partial charge on any atom is 0.242 e. The normalized spacial score (nSPS) is 25.3. The lowest BCUT2D eigenvalue weighted by Gasteiger charge is -2.44. The van der Waals surface area contributed by atoms with Gasteiger partial charge in [0.05, 0.1) is 19.7 Å². The van der Waals surface area contributed by atoms with Gasteiger partial charge in [-0.05, 0) is 69.1 Å². The lowest BCUT2D eigenvalue weighted by atomic mass is 9.65. The van der Waals surface area contributed by atoms with Crippen molar-refractivity contribution in [2.75, 3.05) is 27.8 Å². The topological polar surface area (TPSA) is 80.8 Å². The summed E-state index contributed by atoms with van der Waals surface area (Å²) < 4.78 is 40.8. The molecule has 1 N–H and O–H groups in total. The van der Waals surface area contributed by atoms with Crippen molar-refractivity contribution < 1.29 is 17.9 Å². The van der Waals surface area contributed by atoms with E-state index in [0.717, 1.165) is 49.1 Å². The van der Waals surface area contributed by atoms with Gasteiger partial charge in [0.25, 0.3) is 0 Å². The minimum atomic E-state index is -3.70. The van der Waals surface area contributed by atoms with E-state index < -0.39 is 10.0 Å². The monoisotopic (exact) mass is 481 g/mol. The number of sulfonamides is 1. The van der Waals surface area contributed by atoms with Crippen molar-refractivity contribution in [3.05, 3.63) is 60.3 Å². The van der Waals surface area contributed by atoms with Crippen LogP contribution in [0, 0.1) is 0 Å². The van der Waals surface area contributed by atoms with Gasteiger partial charge >= 0.3 is 0 Å². The van der Waals surface area contributed by atoms with E-state index in [4.69, 9.17) is 9.47 Å². The van der Waals surface area contributed by atoms with E-state index in [1.54, 1.807) is 32.5 Å². The zero-order chi connectivity index (χ0) is 23.9. The molecule has 7 nitrogen and oxygen atoms in total. The number of likely N-dealkylation sites (N-methyl/N-ethyl adjacent to an activating group) is 1. The van der Waals surface area contributed by atoms with Gasteiger partial charge in [-0.3, -0.25) is 4.98 Å². The number of nitrogens with one attached hydrogen (secondary N) is 1. The molecule has 34 heavy (non-hydrogen) atoms. The highest BCUT2D eigenvalue weighted by Gasteiger charge is 2.51. The molecular formula is C26H31N3O4S. The summed E-state index contributed by atoms with van der Waals surface area (Å²) in [6.45, 7) is 0.978. The van der Waals surface area contributed by atoms with Crippen LogP contribution in [0.1, 0.15) is 31.2 Å². The number of para-hydroxylation sites is 1. The number of methoxy groups -OCH3 is 2. The van der Waals surface area contributed by atoms with Crippen LogP contribution in [0.5, 0.6) is 11.5 Å². The van der Waals surface area contributed by atoms with Crippen LogP contribution in [0.2, 0.25) is 0 Å². The van der Waals surface area contributed by atoms with Crippen LogP contribution in [0.15, 0.2) is 59.6 Å². The van der Waals surface area contributed by atoms with Crippen LogP contribution in [-0.4, -0.2) is 58.2 Å². The number of pyridine rings is 1. The summed E-state index contributed by atoms with van der Waals surface area (Å²) in [4.78, 5) is 6.95. The zero-order valence-corrected chi connectivity index (χ0v) is 20.6. The van der Waals surface area contributed by atoms with E-state index in [0.29, 0.717) is 5.52 Å². The summed E-state index contributed by atoms with van der Waals surface area (Å²) in [5, 5.41) is 0.817. The summed E-state index contributed by atoms with van der Waals surface area (Å²) in [7, 11) is 1.73. The van der Waals surface area contributed by atoms with Gasteiger partial charge in [0, 0.05) is 29.1 Å². The van der Waals surface area contributed by atoms with Crippen molar-refractivity contribution in [2.45, 2.75) is 48.1 Å². The number of ether oxygens (including phenoxy) is 2. The maximum absolute atomic E-state index is 13.4. The molecule has 1 aromatic heterocycles. The average molecular weight is 482 g/mol. The second kappa shape index (κ2) is 8.83. The molecular weight excluding hydrogens is 450 g/mol. The molecule has 0 amide bonds. The maximum atomic E-state index is 13.4. The van der Waals surface area contributed by atoms with Crippen LogP contribution in [0.3, 0.4) is 0 Å². The molecule has 1 aliphatic heterocycles. The van der Waals surface area contributed by atoms with E-state index in [1.165, 1.54) is 5.56 Å². The first-order valence-corrected chi connectivity index (χ1v) is 13.1. The third-order valence-corrected chi connectivity index (χ3v) is 9.24. The largest absolute Gasteiger partial charge is 0.493 e. The Morgan fingerprint density at radius 1 is 1.06 bits per heavy atom. The van der Waals surface area contributed by atoms with Crippen LogP contribution in [0.25, 0.3) is 10.9 Å². The molecule has 2 heterocycles. The summed E-state index contributed by atoms with van der Waals surface area (Å²) >= 11 is 0. The van der Waals surface area contributed by atoms with Crippen molar-refractivity contribution >= 4 is 20.9 Å². The number of rotatable bonds is 6. The number of benzene rings is 2. The smallest absolute Gasteiger partial charge is 0.242 e. The highest BCUT2D eigenvalue weighted by molar-refractivity contribution is 7.89. The number of fused-ring (bicyclic) bond motifs is 2. The van der Waals surface area contributed by atoms with Crippen molar-refractivity contribution in [1.29, 1.82) is 0 Å². The molecule has 1 aliphatic carbocycles. The van der Waals surface area contributed by atoms with Crippen molar-refractivity contribution in [3.8, 4) is 11.5 Å². The first kappa shape index (κ1) is 23.1. The van der Waals surface area contributed by atoms with Crippen molar-refractivity contribution in [2.24, 2.45) is 0 Å². The summed E-state index contributed by atoms with van der Waals surface area (Å²) in [5.41, 5.74) is 1.71. The van der Waals surface area contributed by atoms with Crippen LogP contribution in [0.4, 0.5) is 0 Å². The second-order valence-corrected chi connectivity index (χ2v) is 11.1. The molecule has 0 bridgehead atoms. The first-order chi connectivity index (χ1) is 16.4. The number of aromatic nitrogens is 1. The molecule has 2 fully saturated rings. The minimum absolute atomic E-state index is 0.0305. The summed E-state index contributed by atoms with van der Waals surface area (Å²) in [6, 6.07) is 15.3. The first-order valence-electron chi connectivity index (χ1n) is 11.7. The van der Waals surface area contributed by atoms with Crippen LogP contribution in [-0.2, 0) is 15.4 Å². The molecule has 0 spiro atoms. The molecule has 3 atom stereocenters. The minimum Gasteiger partial charge on any atom is -0.493 e. The Balaban J connectivity index is 1.42. The molecule has 0 radical (unpaired) electrons. The molecule has 3 aromatic rings. The predicted molar refractivity (Wildman–Crippen MR) is 132 cm³/mol. The zero-order valence-electron chi connectivity index (χ0n) is 19.8. The third-order valence-electron chi connectivity index (χ3n) is 7.69. The molecule has 2 aliphatic rings. The Morgan fingerprint density at radius 3 is 2.65 bits per heavy atom. The molecule has 180 valence electrons. The van der Waals surface area contributed by atoms with Crippen molar-refractivity contribution in [1.82, 2.24) is 14.6 Å². The number of hydrogen-bond acceptors (Lipinski definition) is 6. The fourth-order valence-electron chi connectivity index (χ4n) is 5.95. The van der Waals surface area contributed by atoms with Crippen LogP contribution >= 0.6 is 0 Å². The third kappa shape index (κ3) is 3.83. The molecule has 1 saturated heterocycles. The van der Waals surface area contributed by atoms with Gasteiger partial charge < -0.3 is 14.4 Å². The van der Waals surface area contributed by atoms with Gasteiger partial charge in [0.1, 0.15) is 4.90 Å². The van der Waals surface area contributed by atoms with Gasteiger partial charge in [0.15, 0.2) is 11.5 Å². The van der Waals surface area contributed by atoms with E-state index >= 15 is 0 Å². The Hall–Kier alpha value is -2.68. The Labute approximate surface area is 201 Å². The number of likely N-dealkylation sites (tertiary alicyclic amines) is 1. The van der Waals surface area contributed by atoms with Gasteiger partial charge in [-0.2, -0.15) is 0 Å². The fourth-order valence-corrected chi connectivity index (χ4v) is 7.41. The van der Waals surface area contributed by atoms with E-state index in [2.05, 4.69) is 33.8 Å². The number of hydrogen-bond donors (Lipinski definition) is 1. The quantitative estimate of drug-likeness (QED) is 0.578. The molecule has 0 unspecified atom stereocenters. The highest BCUT2D eigenvalue weighted by Crippen LogP contribution is 2.50. The second-order valence-electron chi connectivity index (χ2n) is 9.40. The Bertz CT molecular complexity index is 1310. The van der Waals surface area contributed by atoms with Crippen molar-refractivity contribution in [3.63, 3.8) is 0 Å². The standard InChI is InChI=1S/C26H31N3O4S/c1-29-15-13-26(19-9-10-21(32-2)22(16-19)33-3)12-11-20(17-24(26)29)28-34(30,31)23-8-4-6-18-7-5-14-27-25(18)23/h4-10,14,16,20,24,28H,11-13,15,17H2,1-3H3/t20-,24+,26+/m1/s1. The molecule has 1 saturated carbocycles. The SMILES string of the molecule is COc1ccc([C@@]23CC[C@@H](NS(=O)(=O)c4cccc5cccnc45)C[C@@H]2N(C)CC3)cc1OC. The average Bonchev–Trinajstić information content (AvgIpc) is 3.20.